The first-order valence-electron chi connectivity index (χ1n) is 6.87. The lowest BCUT2D eigenvalue weighted by molar-refractivity contribution is -0.131. The lowest BCUT2D eigenvalue weighted by Gasteiger charge is -2.21. The van der Waals surface area contributed by atoms with E-state index in [0.29, 0.717) is 5.92 Å². The maximum atomic E-state index is 12.0. The van der Waals surface area contributed by atoms with Crippen molar-refractivity contribution in [2.24, 2.45) is 5.92 Å². The molecule has 1 N–H and O–H groups in total. The molecule has 4 nitrogen and oxygen atoms in total. The summed E-state index contributed by atoms with van der Waals surface area (Å²) in [5.74, 6) is 0.960. The molecule has 2 aliphatic heterocycles. The number of ether oxygens (including phenoxy) is 1. The molecule has 0 aromatic carbocycles. The molecule has 4 heteroatoms. The Morgan fingerprint density at radius 2 is 2.24 bits per heavy atom. The molecule has 0 aliphatic carbocycles. The van der Waals surface area contributed by atoms with Crippen LogP contribution in [-0.2, 0) is 9.53 Å². The average molecular weight is 240 g/mol. The Kier molecular flexibility index (Phi) is 4.80. The molecule has 2 rings (SSSR count). The second kappa shape index (κ2) is 6.36. The Morgan fingerprint density at radius 1 is 1.47 bits per heavy atom. The Balaban J connectivity index is 1.62. The van der Waals surface area contributed by atoms with E-state index in [1.165, 1.54) is 6.42 Å². The monoisotopic (exact) mass is 240 g/mol. The maximum Gasteiger partial charge on any atom is 0.239 e. The summed E-state index contributed by atoms with van der Waals surface area (Å²) in [6.45, 7) is 6.60. The average Bonchev–Trinajstić information content (AvgIpc) is 3.00. The highest BCUT2D eigenvalue weighted by atomic mass is 16.5. The van der Waals surface area contributed by atoms with Gasteiger partial charge in [-0.05, 0) is 45.1 Å². The van der Waals surface area contributed by atoms with Crippen LogP contribution in [0.2, 0.25) is 0 Å². The van der Waals surface area contributed by atoms with Crippen LogP contribution >= 0.6 is 0 Å². The number of likely N-dealkylation sites (tertiary alicyclic amines) is 1. The fourth-order valence-electron chi connectivity index (χ4n) is 2.61. The predicted molar refractivity (Wildman–Crippen MR) is 66.8 cm³/mol. The minimum absolute atomic E-state index is 0.0320. The standard InChI is InChI=1S/C13H24N2O2/c1-11(13(16)15-7-2-3-8-15)14-6-4-12-5-9-17-10-12/h11-12,14H,2-10H2,1H3. The Hall–Kier alpha value is -0.610. The summed E-state index contributed by atoms with van der Waals surface area (Å²) in [6.07, 6.45) is 4.63. The molecule has 1 amide bonds. The maximum absolute atomic E-state index is 12.0. The van der Waals surface area contributed by atoms with Crippen LogP contribution < -0.4 is 5.32 Å². The fourth-order valence-corrected chi connectivity index (χ4v) is 2.61. The van der Waals surface area contributed by atoms with Gasteiger partial charge >= 0.3 is 0 Å². The lowest BCUT2D eigenvalue weighted by Crippen LogP contribution is -2.44. The number of nitrogens with one attached hydrogen (secondary N) is 1. The third-order valence-corrected chi connectivity index (χ3v) is 3.82. The van der Waals surface area contributed by atoms with E-state index in [1.807, 2.05) is 11.8 Å². The van der Waals surface area contributed by atoms with Crippen LogP contribution in [-0.4, -0.2) is 49.7 Å². The van der Waals surface area contributed by atoms with Gasteiger partial charge in [0.1, 0.15) is 0 Å². The van der Waals surface area contributed by atoms with Crippen LogP contribution in [0.3, 0.4) is 0 Å². The molecule has 0 radical (unpaired) electrons. The molecule has 2 heterocycles. The normalized spacial score (nSPS) is 26.4. The number of nitrogens with zero attached hydrogens (tertiary/aromatic N) is 1. The number of hydrogen-bond acceptors (Lipinski definition) is 3. The van der Waals surface area contributed by atoms with Crippen LogP contribution in [0.5, 0.6) is 0 Å². The second-order valence-corrected chi connectivity index (χ2v) is 5.23. The van der Waals surface area contributed by atoms with Gasteiger partial charge in [0.15, 0.2) is 0 Å². The molecular formula is C13H24N2O2. The van der Waals surface area contributed by atoms with Crippen LogP contribution in [0.4, 0.5) is 0 Å². The first kappa shape index (κ1) is 12.8. The van der Waals surface area contributed by atoms with Crippen molar-refractivity contribution in [2.75, 3.05) is 32.8 Å². The van der Waals surface area contributed by atoms with Gasteiger partial charge in [0.25, 0.3) is 0 Å². The molecule has 98 valence electrons. The van der Waals surface area contributed by atoms with E-state index in [0.717, 1.165) is 52.1 Å². The highest BCUT2D eigenvalue weighted by molar-refractivity contribution is 5.81. The Bertz CT molecular complexity index is 246. The van der Waals surface area contributed by atoms with Gasteiger partial charge in [-0.1, -0.05) is 0 Å². The van der Waals surface area contributed by atoms with Crippen molar-refractivity contribution in [1.82, 2.24) is 10.2 Å². The topological polar surface area (TPSA) is 41.6 Å². The predicted octanol–water partition coefficient (Wildman–Crippen LogP) is 1.01. The zero-order valence-electron chi connectivity index (χ0n) is 10.8. The van der Waals surface area contributed by atoms with Crippen molar-refractivity contribution >= 4 is 5.91 Å². The highest BCUT2D eigenvalue weighted by Crippen LogP contribution is 2.15. The molecule has 0 saturated carbocycles. The molecule has 0 aromatic heterocycles. The molecule has 2 saturated heterocycles. The van der Waals surface area contributed by atoms with Gasteiger partial charge in [0.05, 0.1) is 6.04 Å². The molecule has 2 aliphatic rings. The van der Waals surface area contributed by atoms with Gasteiger partial charge in [-0.25, -0.2) is 0 Å². The van der Waals surface area contributed by atoms with Crippen molar-refractivity contribution in [1.29, 1.82) is 0 Å². The van der Waals surface area contributed by atoms with Crippen molar-refractivity contribution in [3.05, 3.63) is 0 Å². The van der Waals surface area contributed by atoms with Crippen molar-refractivity contribution in [3.8, 4) is 0 Å². The van der Waals surface area contributed by atoms with Crippen molar-refractivity contribution in [2.45, 2.75) is 38.6 Å². The molecule has 0 bridgehead atoms. The first-order valence-corrected chi connectivity index (χ1v) is 6.87. The third-order valence-electron chi connectivity index (χ3n) is 3.82. The van der Waals surface area contributed by atoms with Crippen LogP contribution in [0.25, 0.3) is 0 Å². The first-order chi connectivity index (χ1) is 8.27. The SMILES string of the molecule is CC(NCCC1CCOC1)C(=O)N1CCCC1. The lowest BCUT2D eigenvalue weighted by atomic mass is 10.1. The van der Waals surface area contributed by atoms with E-state index in [4.69, 9.17) is 4.74 Å². The van der Waals surface area contributed by atoms with Gasteiger partial charge in [-0.3, -0.25) is 4.79 Å². The van der Waals surface area contributed by atoms with Crippen molar-refractivity contribution < 1.29 is 9.53 Å². The van der Waals surface area contributed by atoms with Crippen LogP contribution in [0.1, 0.15) is 32.6 Å². The van der Waals surface area contributed by atoms with Gasteiger partial charge in [-0.15, -0.1) is 0 Å². The Labute approximate surface area is 104 Å². The van der Waals surface area contributed by atoms with Crippen LogP contribution in [0, 0.1) is 5.92 Å². The van der Waals surface area contributed by atoms with Gasteiger partial charge in [0, 0.05) is 26.3 Å². The summed E-state index contributed by atoms with van der Waals surface area (Å²) in [4.78, 5) is 14.0. The van der Waals surface area contributed by atoms with E-state index < -0.39 is 0 Å². The number of amides is 1. The smallest absolute Gasteiger partial charge is 0.239 e. The molecule has 17 heavy (non-hydrogen) atoms. The molecule has 0 aromatic rings. The highest BCUT2D eigenvalue weighted by Gasteiger charge is 2.23. The summed E-state index contributed by atoms with van der Waals surface area (Å²) >= 11 is 0. The number of hydrogen-bond donors (Lipinski definition) is 1. The van der Waals surface area contributed by atoms with E-state index in [2.05, 4.69) is 5.32 Å². The summed E-state index contributed by atoms with van der Waals surface area (Å²) in [7, 11) is 0. The molecule has 2 atom stereocenters. The largest absolute Gasteiger partial charge is 0.381 e. The van der Waals surface area contributed by atoms with E-state index in [-0.39, 0.29) is 11.9 Å². The minimum atomic E-state index is -0.0320. The molecule has 2 fully saturated rings. The van der Waals surface area contributed by atoms with Gasteiger partial charge in [-0.2, -0.15) is 0 Å². The number of carbonyl (C=O) groups is 1. The summed E-state index contributed by atoms with van der Waals surface area (Å²) in [6, 6.07) is -0.0320. The molecular weight excluding hydrogens is 216 g/mol. The zero-order chi connectivity index (χ0) is 12.1. The van der Waals surface area contributed by atoms with Crippen molar-refractivity contribution in [3.63, 3.8) is 0 Å². The van der Waals surface area contributed by atoms with E-state index in [1.54, 1.807) is 0 Å². The molecule has 2 unspecified atom stereocenters. The zero-order valence-corrected chi connectivity index (χ0v) is 10.8. The Morgan fingerprint density at radius 3 is 2.88 bits per heavy atom. The number of carbonyl (C=O) groups excluding carboxylic acids is 1. The number of rotatable bonds is 5. The van der Waals surface area contributed by atoms with E-state index >= 15 is 0 Å². The summed E-state index contributed by atoms with van der Waals surface area (Å²) < 4.78 is 5.34. The molecule has 0 spiro atoms. The van der Waals surface area contributed by atoms with Crippen LogP contribution in [0.15, 0.2) is 0 Å². The van der Waals surface area contributed by atoms with Gasteiger partial charge < -0.3 is 15.0 Å². The van der Waals surface area contributed by atoms with E-state index in [9.17, 15) is 4.79 Å². The van der Waals surface area contributed by atoms with Gasteiger partial charge in [0.2, 0.25) is 5.91 Å². The second-order valence-electron chi connectivity index (χ2n) is 5.23. The minimum Gasteiger partial charge on any atom is -0.381 e. The fraction of sp³-hybridized carbons (Fsp3) is 0.923. The third kappa shape index (κ3) is 3.68. The summed E-state index contributed by atoms with van der Waals surface area (Å²) in [5.41, 5.74) is 0. The quantitative estimate of drug-likeness (QED) is 0.780. The summed E-state index contributed by atoms with van der Waals surface area (Å²) in [5, 5.41) is 3.34.